The summed E-state index contributed by atoms with van der Waals surface area (Å²) in [6.07, 6.45) is 4.31. The monoisotopic (exact) mass is 312 g/mol. The minimum Gasteiger partial charge on any atom is -0.346 e. The quantitative estimate of drug-likeness (QED) is 0.729. The van der Waals surface area contributed by atoms with Crippen LogP contribution in [0, 0.1) is 6.92 Å². The second-order valence-electron chi connectivity index (χ2n) is 5.69. The van der Waals surface area contributed by atoms with Crippen molar-refractivity contribution in [2.45, 2.75) is 39.3 Å². The Kier molecular flexibility index (Phi) is 4.36. The summed E-state index contributed by atoms with van der Waals surface area (Å²) in [5.74, 6) is 0.782. The average Bonchev–Trinajstić information content (AvgIpc) is 3.15. The van der Waals surface area contributed by atoms with Gasteiger partial charge in [0.25, 0.3) is 0 Å². The number of amides is 1. The molecule has 1 aromatic carbocycles. The van der Waals surface area contributed by atoms with Gasteiger partial charge in [0.15, 0.2) is 0 Å². The van der Waals surface area contributed by atoms with Crippen LogP contribution in [0.1, 0.15) is 37.2 Å². The standard InChI is InChI=1S/C16H20N6O/c1-11-5-6-13-14(8-11)21-16(20-13)12(2)19-15(23)4-3-7-22-10-17-9-18-22/h5-6,8-10,12H,3-4,7H2,1-2H3,(H,19,23)(H,20,21)/t12-/m0/s1. The van der Waals surface area contributed by atoms with Gasteiger partial charge in [-0.3, -0.25) is 9.48 Å². The Morgan fingerprint density at radius 2 is 2.30 bits per heavy atom. The number of aromatic nitrogens is 5. The molecular formula is C16H20N6O. The number of fused-ring (bicyclic) bond motifs is 1. The molecule has 120 valence electrons. The summed E-state index contributed by atoms with van der Waals surface area (Å²) in [6.45, 7) is 4.66. The highest BCUT2D eigenvalue weighted by Gasteiger charge is 2.13. The fraction of sp³-hybridized carbons (Fsp3) is 0.375. The Bertz CT molecular complexity index is 792. The largest absolute Gasteiger partial charge is 0.346 e. The van der Waals surface area contributed by atoms with E-state index in [0.29, 0.717) is 13.0 Å². The summed E-state index contributed by atoms with van der Waals surface area (Å²) in [5, 5.41) is 6.99. The van der Waals surface area contributed by atoms with Gasteiger partial charge < -0.3 is 10.3 Å². The van der Waals surface area contributed by atoms with Crippen LogP contribution in [0.2, 0.25) is 0 Å². The van der Waals surface area contributed by atoms with Gasteiger partial charge in [-0.2, -0.15) is 5.10 Å². The van der Waals surface area contributed by atoms with Crippen molar-refractivity contribution in [1.29, 1.82) is 0 Å². The van der Waals surface area contributed by atoms with Crippen LogP contribution in [0.4, 0.5) is 0 Å². The van der Waals surface area contributed by atoms with Crippen LogP contribution in [0.5, 0.6) is 0 Å². The average molecular weight is 312 g/mol. The zero-order chi connectivity index (χ0) is 16.2. The zero-order valence-electron chi connectivity index (χ0n) is 13.3. The molecule has 23 heavy (non-hydrogen) atoms. The number of aromatic amines is 1. The molecule has 2 heterocycles. The second kappa shape index (κ2) is 6.60. The van der Waals surface area contributed by atoms with E-state index in [1.165, 1.54) is 11.9 Å². The van der Waals surface area contributed by atoms with E-state index in [9.17, 15) is 4.79 Å². The molecule has 3 rings (SSSR count). The molecule has 0 unspecified atom stereocenters. The lowest BCUT2D eigenvalue weighted by Gasteiger charge is -2.11. The van der Waals surface area contributed by atoms with Crippen molar-refractivity contribution >= 4 is 16.9 Å². The molecule has 2 N–H and O–H groups in total. The first-order valence-corrected chi connectivity index (χ1v) is 7.70. The van der Waals surface area contributed by atoms with E-state index in [4.69, 9.17) is 0 Å². The van der Waals surface area contributed by atoms with Crippen molar-refractivity contribution in [3.63, 3.8) is 0 Å². The van der Waals surface area contributed by atoms with Crippen molar-refractivity contribution in [2.24, 2.45) is 0 Å². The van der Waals surface area contributed by atoms with E-state index in [2.05, 4.69) is 31.4 Å². The maximum Gasteiger partial charge on any atom is 0.220 e. The van der Waals surface area contributed by atoms with Crippen LogP contribution < -0.4 is 5.32 Å². The highest BCUT2D eigenvalue weighted by atomic mass is 16.1. The lowest BCUT2D eigenvalue weighted by molar-refractivity contribution is -0.121. The van der Waals surface area contributed by atoms with Gasteiger partial charge in [0.05, 0.1) is 17.1 Å². The Morgan fingerprint density at radius 3 is 3.09 bits per heavy atom. The zero-order valence-corrected chi connectivity index (χ0v) is 13.3. The number of rotatable bonds is 6. The fourth-order valence-corrected chi connectivity index (χ4v) is 2.48. The second-order valence-corrected chi connectivity index (χ2v) is 5.69. The third kappa shape index (κ3) is 3.74. The molecule has 0 aliphatic heterocycles. The maximum atomic E-state index is 12.0. The van der Waals surface area contributed by atoms with Crippen LogP contribution in [0.3, 0.4) is 0 Å². The lowest BCUT2D eigenvalue weighted by atomic mass is 10.2. The Hall–Kier alpha value is -2.70. The maximum absolute atomic E-state index is 12.0. The normalized spacial score (nSPS) is 12.4. The summed E-state index contributed by atoms with van der Waals surface area (Å²) in [4.78, 5) is 23.7. The van der Waals surface area contributed by atoms with Crippen LogP contribution in [0.25, 0.3) is 11.0 Å². The number of carbonyl (C=O) groups excluding carboxylic acids is 1. The Balaban J connectivity index is 1.54. The molecule has 2 aromatic heterocycles. The third-order valence-electron chi connectivity index (χ3n) is 3.70. The summed E-state index contributed by atoms with van der Waals surface area (Å²) >= 11 is 0. The molecule has 1 atom stereocenters. The van der Waals surface area contributed by atoms with Crippen molar-refractivity contribution in [3.05, 3.63) is 42.2 Å². The third-order valence-corrected chi connectivity index (χ3v) is 3.70. The predicted molar refractivity (Wildman–Crippen MR) is 86.6 cm³/mol. The molecule has 0 bridgehead atoms. The molecule has 3 aromatic rings. The molecule has 0 radical (unpaired) electrons. The molecule has 0 aliphatic rings. The number of hydrogen-bond acceptors (Lipinski definition) is 4. The van der Waals surface area contributed by atoms with Gasteiger partial charge in [-0.05, 0) is 38.0 Å². The van der Waals surface area contributed by atoms with Crippen LogP contribution in [0.15, 0.2) is 30.9 Å². The number of H-pyrrole nitrogens is 1. The summed E-state index contributed by atoms with van der Waals surface area (Å²) in [5.41, 5.74) is 3.09. The number of hydrogen-bond donors (Lipinski definition) is 2. The SMILES string of the molecule is Cc1ccc2nc([C@H](C)NC(=O)CCCn3cncn3)[nH]c2c1. The number of nitrogens with one attached hydrogen (secondary N) is 2. The van der Waals surface area contributed by atoms with Gasteiger partial charge in [0.1, 0.15) is 18.5 Å². The molecule has 0 saturated heterocycles. The van der Waals surface area contributed by atoms with E-state index in [0.717, 1.165) is 23.3 Å². The van der Waals surface area contributed by atoms with Gasteiger partial charge in [-0.25, -0.2) is 9.97 Å². The number of nitrogens with zero attached hydrogens (tertiary/aromatic N) is 4. The summed E-state index contributed by atoms with van der Waals surface area (Å²) in [6, 6.07) is 5.91. The van der Waals surface area contributed by atoms with E-state index >= 15 is 0 Å². The molecule has 0 saturated carbocycles. The molecule has 7 nitrogen and oxygen atoms in total. The van der Waals surface area contributed by atoms with Crippen LogP contribution in [-0.4, -0.2) is 30.6 Å². The number of aryl methyl sites for hydroxylation is 2. The van der Waals surface area contributed by atoms with Gasteiger partial charge in [0, 0.05) is 13.0 Å². The molecule has 0 aliphatic carbocycles. The van der Waals surface area contributed by atoms with Crippen molar-refractivity contribution < 1.29 is 4.79 Å². The van der Waals surface area contributed by atoms with Crippen LogP contribution >= 0.6 is 0 Å². The lowest BCUT2D eigenvalue weighted by Crippen LogP contribution is -2.27. The minimum atomic E-state index is -0.151. The van der Waals surface area contributed by atoms with Gasteiger partial charge in [-0.15, -0.1) is 0 Å². The molecule has 0 spiro atoms. The molecule has 1 amide bonds. The van der Waals surface area contributed by atoms with Crippen molar-refractivity contribution in [3.8, 4) is 0 Å². The number of imidazole rings is 1. The topological polar surface area (TPSA) is 88.5 Å². The van der Waals surface area contributed by atoms with Gasteiger partial charge in [0.2, 0.25) is 5.91 Å². The van der Waals surface area contributed by atoms with Crippen molar-refractivity contribution in [1.82, 2.24) is 30.0 Å². The molecular weight excluding hydrogens is 292 g/mol. The first-order chi connectivity index (χ1) is 11.1. The highest BCUT2D eigenvalue weighted by molar-refractivity contribution is 5.77. The summed E-state index contributed by atoms with van der Waals surface area (Å²) < 4.78 is 1.72. The van der Waals surface area contributed by atoms with Gasteiger partial charge >= 0.3 is 0 Å². The minimum absolute atomic E-state index is 0.00857. The fourth-order valence-electron chi connectivity index (χ4n) is 2.48. The first-order valence-electron chi connectivity index (χ1n) is 7.70. The van der Waals surface area contributed by atoms with Crippen LogP contribution in [-0.2, 0) is 11.3 Å². The van der Waals surface area contributed by atoms with E-state index < -0.39 is 0 Å². The number of carbonyl (C=O) groups is 1. The highest BCUT2D eigenvalue weighted by Crippen LogP contribution is 2.17. The summed E-state index contributed by atoms with van der Waals surface area (Å²) in [7, 11) is 0. The van der Waals surface area contributed by atoms with E-state index in [-0.39, 0.29) is 11.9 Å². The molecule has 7 heteroatoms. The van der Waals surface area contributed by atoms with E-state index in [1.54, 1.807) is 11.0 Å². The first kappa shape index (κ1) is 15.2. The predicted octanol–water partition coefficient (Wildman–Crippen LogP) is 2.12. The van der Waals surface area contributed by atoms with E-state index in [1.807, 2.05) is 26.0 Å². The number of benzene rings is 1. The smallest absolute Gasteiger partial charge is 0.220 e. The van der Waals surface area contributed by atoms with Gasteiger partial charge in [-0.1, -0.05) is 6.07 Å². The van der Waals surface area contributed by atoms with Crippen molar-refractivity contribution in [2.75, 3.05) is 0 Å². The Morgan fingerprint density at radius 1 is 1.43 bits per heavy atom. The molecule has 0 fully saturated rings. The Labute approximate surface area is 134 Å².